The fourth-order valence-electron chi connectivity index (χ4n) is 3.09. The van der Waals surface area contributed by atoms with Crippen molar-refractivity contribution in [3.8, 4) is 0 Å². The van der Waals surface area contributed by atoms with Crippen molar-refractivity contribution in [2.75, 3.05) is 23.3 Å². The number of aromatic nitrogens is 2. The molecule has 0 bridgehead atoms. The highest BCUT2D eigenvalue weighted by molar-refractivity contribution is 5.90. The molecule has 1 N–H and O–H groups in total. The molecule has 0 atom stereocenters. The largest absolute Gasteiger partial charge is 0.442 e. The van der Waals surface area contributed by atoms with Crippen molar-refractivity contribution in [1.29, 1.82) is 0 Å². The first-order valence-electron chi connectivity index (χ1n) is 8.76. The minimum atomic E-state index is -0.612. The van der Waals surface area contributed by atoms with Gasteiger partial charge < -0.3 is 10.2 Å². The second-order valence-electron chi connectivity index (χ2n) is 6.69. The molecule has 0 unspecified atom stereocenters. The van der Waals surface area contributed by atoms with Crippen molar-refractivity contribution in [3.63, 3.8) is 0 Å². The molecule has 2 aromatic rings. The minimum Gasteiger partial charge on any atom is -0.372 e. The smallest absolute Gasteiger partial charge is 0.372 e. The Labute approximate surface area is 146 Å². The molecule has 1 aliphatic rings. The average molecular weight is 344 g/mol. The number of carbonyl (C=O) groups excluding carboxylic acids is 1. The summed E-state index contributed by atoms with van der Waals surface area (Å²) in [6.45, 7) is 5.85. The lowest BCUT2D eigenvalue weighted by atomic mass is 10.1. The lowest BCUT2D eigenvalue weighted by molar-refractivity contribution is -0.116. The summed E-state index contributed by atoms with van der Waals surface area (Å²) < 4.78 is 5.93. The second-order valence-corrected chi connectivity index (χ2v) is 6.69. The van der Waals surface area contributed by atoms with Crippen LogP contribution >= 0.6 is 0 Å². The van der Waals surface area contributed by atoms with E-state index in [9.17, 15) is 9.59 Å². The Kier molecular flexibility index (Phi) is 5.21. The van der Waals surface area contributed by atoms with Crippen LogP contribution in [0, 0.1) is 0 Å². The van der Waals surface area contributed by atoms with Gasteiger partial charge in [-0.15, -0.1) is 0 Å². The van der Waals surface area contributed by atoms with Crippen LogP contribution in [0.2, 0.25) is 0 Å². The molecule has 1 aliphatic heterocycles. The summed E-state index contributed by atoms with van der Waals surface area (Å²) in [5, 5.41) is 6.55. The molecule has 3 rings (SSSR count). The Morgan fingerprint density at radius 1 is 1.20 bits per heavy atom. The predicted octanol–water partition coefficient (Wildman–Crippen LogP) is 2.59. The maximum atomic E-state index is 12.2. The van der Waals surface area contributed by atoms with E-state index in [1.807, 2.05) is 38.1 Å². The van der Waals surface area contributed by atoms with Gasteiger partial charge in [0.1, 0.15) is 6.54 Å². The van der Waals surface area contributed by atoms with Crippen molar-refractivity contribution < 1.29 is 9.32 Å². The highest BCUT2D eigenvalue weighted by Crippen LogP contribution is 2.21. The Morgan fingerprint density at radius 2 is 1.88 bits per heavy atom. The molecule has 25 heavy (non-hydrogen) atoms. The zero-order chi connectivity index (χ0) is 17.8. The molecule has 2 heterocycles. The molecule has 7 nitrogen and oxygen atoms in total. The highest BCUT2D eigenvalue weighted by Gasteiger charge is 2.17. The van der Waals surface area contributed by atoms with Crippen molar-refractivity contribution in [3.05, 3.63) is 40.6 Å². The van der Waals surface area contributed by atoms with Crippen molar-refractivity contribution in [1.82, 2.24) is 9.72 Å². The summed E-state index contributed by atoms with van der Waals surface area (Å²) in [6, 6.07) is 7.82. The van der Waals surface area contributed by atoms with E-state index in [1.54, 1.807) is 0 Å². The first-order valence-corrected chi connectivity index (χ1v) is 8.76. The number of amides is 1. The Morgan fingerprint density at radius 3 is 2.52 bits per heavy atom. The van der Waals surface area contributed by atoms with Gasteiger partial charge in [-0.25, -0.2) is 4.79 Å². The molecule has 1 aromatic heterocycles. The quantitative estimate of drug-likeness (QED) is 0.902. The molecule has 7 heteroatoms. The summed E-state index contributed by atoms with van der Waals surface area (Å²) >= 11 is 0. The molecular formula is C18H24N4O3. The number of piperidine rings is 1. The van der Waals surface area contributed by atoms with Crippen LogP contribution in [-0.4, -0.2) is 28.7 Å². The van der Waals surface area contributed by atoms with E-state index >= 15 is 0 Å². The van der Waals surface area contributed by atoms with Crippen LogP contribution in [0.4, 0.5) is 11.4 Å². The van der Waals surface area contributed by atoms with Crippen molar-refractivity contribution in [2.45, 2.75) is 45.6 Å². The van der Waals surface area contributed by atoms with Gasteiger partial charge >= 0.3 is 5.76 Å². The number of carbonyl (C=O) groups is 1. The van der Waals surface area contributed by atoms with Gasteiger partial charge in [0, 0.05) is 30.4 Å². The van der Waals surface area contributed by atoms with Crippen LogP contribution in [0.3, 0.4) is 0 Å². The van der Waals surface area contributed by atoms with Crippen LogP contribution in [-0.2, 0) is 11.3 Å². The molecule has 1 aromatic carbocycles. The minimum absolute atomic E-state index is 0.00285. The molecule has 0 aliphatic carbocycles. The van der Waals surface area contributed by atoms with Gasteiger partial charge in [0.25, 0.3) is 0 Å². The number of nitrogens with zero attached hydrogens (tertiary/aromatic N) is 3. The summed E-state index contributed by atoms with van der Waals surface area (Å²) in [7, 11) is 0. The number of benzene rings is 1. The van der Waals surface area contributed by atoms with E-state index < -0.39 is 5.76 Å². The van der Waals surface area contributed by atoms with Gasteiger partial charge in [-0.3, -0.25) is 13.9 Å². The van der Waals surface area contributed by atoms with E-state index in [2.05, 4.69) is 19.9 Å². The Bertz CT molecular complexity index is 770. The fourth-order valence-corrected chi connectivity index (χ4v) is 3.09. The summed E-state index contributed by atoms with van der Waals surface area (Å²) in [4.78, 5) is 26.3. The number of anilines is 2. The maximum absolute atomic E-state index is 12.2. The molecule has 134 valence electrons. The molecule has 1 amide bonds. The standard InChI is InChI=1S/C18H24N4O3/c1-13(2)17-20-25-18(24)22(17)12-16(23)19-14-6-8-15(9-7-14)21-10-4-3-5-11-21/h6-9,13H,3-5,10-12H2,1-2H3,(H,19,23). The normalized spacial score (nSPS) is 14.8. The first kappa shape index (κ1) is 17.3. The number of nitrogens with one attached hydrogen (secondary N) is 1. The third kappa shape index (κ3) is 4.10. The maximum Gasteiger partial charge on any atom is 0.442 e. The Hall–Kier alpha value is -2.57. The molecule has 1 saturated heterocycles. The third-order valence-electron chi connectivity index (χ3n) is 4.40. The van der Waals surface area contributed by atoms with Gasteiger partial charge in [-0.1, -0.05) is 19.0 Å². The molecular weight excluding hydrogens is 320 g/mol. The van der Waals surface area contributed by atoms with E-state index in [-0.39, 0.29) is 18.4 Å². The topological polar surface area (TPSA) is 80.4 Å². The SMILES string of the molecule is CC(C)c1noc(=O)n1CC(=O)Nc1ccc(N2CCCCC2)cc1. The van der Waals surface area contributed by atoms with Gasteiger partial charge in [0.15, 0.2) is 5.82 Å². The number of rotatable bonds is 5. The predicted molar refractivity (Wildman–Crippen MR) is 96.0 cm³/mol. The molecule has 1 fully saturated rings. The van der Waals surface area contributed by atoms with E-state index in [0.29, 0.717) is 11.5 Å². The molecule has 0 radical (unpaired) electrons. The van der Waals surface area contributed by atoms with E-state index in [0.717, 1.165) is 13.1 Å². The average Bonchev–Trinajstić information content (AvgIpc) is 2.97. The lowest BCUT2D eigenvalue weighted by Gasteiger charge is -2.28. The van der Waals surface area contributed by atoms with E-state index in [1.165, 1.54) is 29.5 Å². The number of hydrogen-bond acceptors (Lipinski definition) is 5. The zero-order valence-electron chi connectivity index (χ0n) is 14.7. The van der Waals surface area contributed by atoms with Crippen LogP contribution < -0.4 is 16.0 Å². The van der Waals surface area contributed by atoms with Crippen molar-refractivity contribution in [2.24, 2.45) is 0 Å². The van der Waals surface area contributed by atoms with Crippen LogP contribution in [0.1, 0.15) is 44.9 Å². The van der Waals surface area contributed by atoms with E-state index in [4.69, 9.17) is 0 Å². The van der Waals surface area contributed by atoms with Crippen LogP contribution in [0.5, 0.6) is 0 Å². The van der Waals surface area contributed by atoms with Gasteiger partial charge in [0.05, 0.1) is 0 Å². The van der Waals surface area contributed by atoms with Crippen molar-refractivity contribution >= 4 is 17.3 Å². The highest BCUT2D eigenvalue weighted by atomic mass is 16.5. The van der Waals surface area contributed by atoms with Gasteiger partial charge in [-0.2, -0.15) is 0 Å². The fraction of sp³-hybridized carbons (Fsp3) is 0.500. The zero-order valence-corrected chi connectivity index (χ0v) is 14.7. The van der Waals surface area contributed by atoms with Crippen LogP contribution in [0.25, 0.3) is 0 Å². The van der Waals surface area contributed by atoms with Gasteiger partial charge in [-0.05, 0) is 43.5 Å². The Balaban J connectivity index is 1.63. The summed E-state index contributed by atoms with van der Waals surface area (Å²) in [5.74, 6) is -0.416. The number of hydrogen-bond donors (Lipinski definition) is 1. The molecule has 0 spiro atoms. The lowest BCUT2D eigenvalue weighted by Crippen LogP contribution is -2.29. The van der Waals surface area contributed by atoms with Crippen LogP contribution in [0.15, 0.2) is 33.6 Å². The monoisotopic (exact) mass is 344 g/mol. The summed E-state index contributed by atoms with van der Waals surface area (Å²) in [5.41, 5.74) is 1.89. The first-order chi connectivity index (χ1) is 12.0. The molecule has 0 saturated carbocycles. The second kappa shape index (κ2) is 7.55. The third-order valence-corrected chi connectivity index (χ3v) is 4.40. The summed E-state index contributed by atoms with van der Waals surface area (Å²) in [6.07, 6.45) is 3.75. The van der Waals surface area contributed by atoms with Gasteiger partial charge in [0.2, 0.25) is 5.91 Å².